The first kappa shape index (κ1) is 14.0. The number of nitrogens with zero attached hydrogens (tertiary/aromatic N) is 9. The van der Waals surface area contributed by atoms with Crippen molar-refractivity contribution < 1.29 is 12.3 Å². The third-order valence-electron chi connectivity index (χ3n) is 4.54. The minimum Gasteiger partial charge on any atom is -0.271 e. The molecule has 3 aromatic rings. The van der Waals surface area contributed by atoms with E-state index in [1.54, 1.807) is 18.2 Å². The number of nitriles is 3. The number of allylic oxidation sites excluding steroid dienone is 5. The lowest BCUT2D eigenvalue weighted by atomic mass is 10.1. The first-order chi connectivity index (χ1) is 21.3. The molecular weight excluding hydrogens is 450 g/mol. The standard InChI is InChI=1S/C27H9N9/c1-31-17-5-8-35-22(11-17)20(15-30)25-24(19(14-29)21-10-16(13-28)4-7-34-21)26(25)27(33-3)23-12-18(32-2)6-9-36-23/h4-12H/b24-19+,25-20-,27-26-/i4D,5D,6D,7D,8D,9D,10D,11D,12D. The Hall–Kier alpha value is -6.39. The van der Waals surface area contributed by atoms with Gasteiger partial charge in [0, 0.05) is 25.5 Å². The molecule has 36 heavy (non-hydrogen) atoms. The predicted molar refractivity (Wildman–Crippen MR) is 129 cm³/mol. The van der Waals surface area contributed by atoms with Crippen molar-refractivity contribution in [1.29, 1.82) is 15.8 Å². The van der Waals surface area contributed by atoms with Crippen LogP contribution in [0.4, 0.5) is 11.4 Å². The summed E-state index contributed by atoms with van der Waals surface area (Å²) in [6, 6.07) is 0.820. The summed E-state index contributed by atoms with van der Waals surface area (Å²) in [5.41, 5.74) is -6.32. The summed E-state index contributed by atoms with van der Waals surface area (Å²) in [7, 11) is 0. The van der Waals surface area contributed by atoms with Crippen LogP contribution in [-0.4, -0.2) is 15.0 Å². The van der Waals surface area contributed by atoms with Gasteiger partial charge in [0.1, 0.15) is 12.1 Å². The molecule has 1 aliphatic carbocycles. The summed E-state index contributed by atoms with van der Waals surface area (Å²) < 4.78 is 72.9. The second-order valence-corrected chi connectivity index (χ2v) is 6.43. The fourth-order valence-corrected chi connectivity index (χ4v) is 3.06. The molecule has 0 amide bonds. The summed E-state index contributed by atoms with van der Waals surface area (Å²) >= 11 is 0. The van der Waals surface area contributed by atoms with E-state index in [1.165, 1.54) is 0 Å². The van der Waals surface area contributed by atoms with Crippen molar-refractivity contribution in [2.75, 3.05) is 0 Å². The molecule has 1 fully saturated rings. The van der Waals surface area contributed by atoms with Crippen LogP contribution >= 0.6 is 0 Å². The second kappa shape index (κ2) is 9.62. The maximum absolute atomic E-state index is 10.2. The summed E-state index contributed by atoms with van der Waals surface area (Å²) in [5, 5.41) is 30.0. The van der Waals surface area contributed by atoms with Crippen LogP contribution in [0.2, 0.25) is 0 Å². The van der Waals surface area contributed by atoms with Crippen LogP contribution in [0.3, 0.4) is 0 Å². The fraction of sp³-hybridized carbons (Fsp3) is 0. The molecule has 0 aliphatic heterocycles. The van der Waals surface area contributed by atoms with E-state index in [0.717, 1.165) is 0 Å². The van der Waals surface area contributed by atoms with Crippen molar-refractivity contribution in [1.82, 2.24) is 15.0 Å². The van der Waals surface area contributed by atoms with Crippen LogP contribution in [0.25, 0.3) is 31.4 Å². The summed E-state index contributed by atoms with van der Waals surface area (Å²) in [6.45, 7) is 22.6. The minimum atomic E-state index is -0.781. The van der Waals surface area contributed by atoms with Crippen molar-refractivity contribution in [3.63, 3.8) is 0 Å². The van der Waals surface area contributed by atoms with Crippen molar-refractivity contribution in [3.8, 4) is 18.2 Å². The van der Waals surface area contributed by atoms with Crippen LogP contribution in [0.5, 0.6) is 0 Å². The Labute approximate surface area is 218 Å². The van der Waals surface area contributed by atoms with E-state index >= 15 is 0 Å². The van der Waals surface area contributed by atoms with Gasteiger partial charge < -0.3 is 0 Å². The average Bonchev–Trinajstić information content (AvgIpc) is 3.72. The highest BCUT2D eigenvalue weighted by atomic mass is 14.8. The molecule has 4 rings (SSSR count). The Morgan fingerprint density at radius 1 is 0.722 bits per heavy atom. The Morgan fingerprint density at radius 3 is 1.72 bits per heavy atom. The van der Waals surface area contributed by atoms with Crippen LogP contribution in [0.15, 0.2) is 71.5 Å². The van der Waals surface area contributed by atoms with E-state index < -0.39 is 106 Å². The first-order valence-corrected chi connectivity index (χ1v) is 9.35. The Kier molecular flexibility index (Phi) is 3.74. The van der Waals surface area contributed by atoms with Crippen LogP contribution in [0.1, 0.15) is 35.0 Å². The normalized spacial score (nSPS) is 19.0. The lowest BCUT2D eigenvalue weighted by molar-refractivity contribution is 1.26. The molecule has 1 aliphatic rings. The van der Waals surface area contributed by atoms with Gasteiger partial charge in [0.25, 0.3) is 0 Å². The van der Waals surface area contributed by atoms with Gasteiger partial charge in [0.05, 0.1) is 70.5 Å². The van der Waals surface area contributed by atoms with E-state index in [4.69, 9.17) is 32.1 Å². The lowest BCUT2D eigenvalue weighted by Crippen LogP contribution is -1.89. The zero-order valence-electron chi connectivity index (χ0n) is 26.5. The third kappa shape index (κ3) is 4.03. The minimum absolute atomic E-state index is 0.317. The molecule has 162 valence electrons. The van der Waals surface area contributed by atoms with Gasteiger partial charge in [-0.25, -0.2) is 14.5 Å². The fourth-order valence-electron chi connectivity index (χ4n) is 3.06. The molecule has 0 spiro atoms. The van der Waals surface area contributed by atoms with Crippen molar-refractivity contribution in [3.05, 3.63) is 128 Å². The molecule has 0 aromatic carbocycles. The van der Waals surface area contributed by atoms with Gasteiger partial charge in [-0.2, -0.15) is 15.8 Å². The Balaban J connectivity index is 2.30. The highest BCUT2D eigenvalue weighted by molar-refractivity contribution is 6.10. The number of pyridine rings is 3. The van der Waals surface area contributed by atoms with E-state index in [0.29, 0.717) is 0 Å². The quantitative estimate of drug-likeness (QED) is 0.372. The zero-order chi connectivity index (χ0) is 33.5. The van der Waals surface area contributed by atoms with Gasteiger partial charge in [0.15, 0.2) is 11.4 Å². The SMILES string of the molecule is [2H]c1nc(/C(C#N)=C2/C(=C(/[N+]#[C-])c3nc([2H])c([2H])c([N+]#[C-])c3[2H])/C2=C(/C#N)c2nc([2H])c([2H])c([N+]#[C-])c2[2H])c([2H])c(C#N)c1[2H]. The lowest BCUT2D eigenvalue weighted by Gasteiger charge is -1.99. The van der Waals surface area contributed by atoms with Gasteiger partial charge in [-0.3, -0.25) is 15.0 Å². The molecule has 1 saturated carbocycles. The molecule has 0 bridgehead atoms. The molecule has 0 saturated heterocycles. The molecule has 0 atom stereocenters. The molecule has 3 aromatic heterocycles. The van der Waals surface area contributed by atoms with Gasteiger partial charge in [-0.05, 0) is 47.4 Å². The highest BCUT2D eigenvalue weighted by Gasteiger charge is 2.41. The van der Waals surface area contributed by atoms with E-state index in [2.05, 4.69) is 29.5 Å². The topological polar surface area (TPSA) is 123 Å². The van der Waals surface area contributed by atoms with Gasteiger partial charge in [-0.1, -0.05) is 0 Å². The zero-order valence-corrected chi connectivity index (χ0v) is 17.5. The van der Waals surface area contributed by atoms with Crippen LogP contribution in [0, 0.1) is 53.7 Å². The first-order valence-electron chi connectivity index (χ1n) is 13.9. The maximum Gasteiger partial charge on any atom is 0.219 e. The average molecular weight is 468 g/mol. The Bertz CT molecular complexity index is 2010. The number of aromatic nitrogens is 3. The molecule has 9 nitrogen and oxygen atoms in total. The predicted octanol–water partition coefficient (Wildman–Crippen LogP) is 5.44. The molecule has 3 heterocycles. The van der Waals surface area contributed by atoms with E-state index in [9.17, 15) is 15.8 Å². The smallest absolute Gasteiger partial charge is 0.219 e. The van der Waals surface area contributed by atoms with Crippen molar-refractivity contribution in [2.45, 2.75) is 0 Å². The molecule has 0 unspecified atom stereocenters. The Morgan fingerprint density at radius 2 is 1.22 bits per heavy atom. The highest BCUT2D eigenvalue weighted by Crippen LogP contribution is 2.56. The number of hydrogen-bond acceptors (Lipinski definition) is 6. The largest absolute Gasteiger partial charge is 0.271 e. The molecular formula is C27H9N9. The summed E-state index contributed by atoms with van der Waals surface area (Å²) in [4.78, 5) is 20.9. The van der Waals surface area contributed by atoms with Crippen LogP contribution in [-0.2, 0) is 0 Å². The third-order valence-corrected chi connectivity index (χ3v) is 4.54. The van der Waals surface area contributed by atoms with E-state index in [-0.39, 0.29) is 16.7 Å². The molecule has 0 radical (unpaired) electrons. The van der Waals surface area contributed by atoms with Gasteiger partial charge in [-0.15, -0.1) is 0 Å². The number of rotatable bonds is 3. The summed E-state index contributed by atoms with van der Waals surface area (Å²) in [5.74, 6) is 0. The van der Waals surface area contributed by atoms with Gasteiger partial charge in [0.2, 0.25) is 5.70 Å². The molecule has 9 heteroatoms. The van der Waals surface area contributed by atoms with Crippen LogP contribution < -0.4 is 0 Å². The maximum atomic E-state index is 10.2. The van der Waals surface area contributed by atoms with Gasteiger partial charge >= 0.3 is 0 Å². The monoisotopic (exact) mass is 468 g/mol. The summed E-state index contributed by atoms with van der Waals surface area (Å²) in [6.07, 6.45) is -2.33. The van der Waals surface area contributed by atoms with Crippen molar-refractivity contribution >= 4 is 28.2 Å². The van der Waals surface area contributed by atoms with E-state index in [1.807, 2.05) is 0 Å². The van der Waals surface area contributed by atoms with Crippen molar-refractivity contribution in [2.24, 2.45) is 0 Å². The number of hydrogen-bond donors (Lipinski definition) is 0. The molecule has 0 N–H and O–H groups in total. The second-order valence-electron chi connectivity index (χ2n) is 6.43.